The van der Waals surface area contributed by atoms with Gasteiger partial charge in [0.05, 0.1) is 6.04 Å². The number of thiol groups is 1. The van der Waals surface area contributed by atoms with Crippen molar-refractivity contribution in [2.24, 2.45) is 5.92 Å². The number of anilines is 2. The van der Waals surface area contributed by atoms with Crippen LogP contribution in [-0.4, -0.2) is 46.0 Å². The molecule has 1 aromatic rings. The van der Waals surface area contributed by atoms with E-state index in [1.54, 1.807) is 6.07 Å². The Morgan fingerprint density at radius 2 is 2.16 bits per heavy atom. The summed E-state index contributed by atoms with van der Waals surface area (Å²) in [7, 11) is 0. The molecule has 1 fully saturated rings. The van der Waals surface area contributed by atoms with Crippen LogP contribution in [0.2, 0.25) is 0 Å². The van der Waals surface area contributed by atoms with Gasteiger partial charge in [-0.3, -0.25) is 4.79 Å². The summed E-state index contributed by atoms with van der Waals surface area (Å²) in [5.74, 6) is 1.57. The van der Waals surface area contributed by atoms with E-state index in [9.17, 15) is 4.79 Å². The van der Waals surface area contributed by atoms with Crippen molar-refractivity contribution >= 4 is 29.5 Å². The van der Waals surface area contributed by atoms with Crippen LogP contribution in [0.5, 0.6) is 0 Å². The Kier molecular flexibility index (Phi) is 4.14. The van der Waals surface area contributed by atoms with E-state index < -0.39 is 0 Å². The van der Waals surface area contributed by atoms with Gasteiger partial charge in [0.1, 0.15) is 5.82 Å². The Morgan fingerprint density at radius 1 is 1.42 bits per heavy atom. The molecule has 2 heterocycles. The molecule has 1 aromatic heterocycles. The normalized spacial score (nSPS) is 19.9. The molecule has 0 spiro atoms. The maximum Gasteiger partial charge on any atom is 0.278 e. The topological polar surface area (TPSA) is 75.3 Å². The van der Waals surface area contributed by atoms with Gasteiger partial charge in [0.15, 0.2) is 5.82 Å². The number of amides is 1. The number of carbonyl (C=O) groups excluding carboxylic acids is 1. The minimum Gasteiger partial charge on any atom is -0.382 e. The molecule has 19 heavy (non-hydrogen) atoms. The maximum absolute atomic E-state index is 11.5. The number of piperazine rings is 1. The summed E-state index contributed by atoms with van der Waals surface area (Å²) in [4.78, 5) is 15.5. The molecule has 1 atom stereocenters. The van der Waals surface area contributed by atoms with Crippen LogP contribution in [0.1, 0.15) is 13.8 Å². The Morgan fingerprint density at radius 3 is 2.68 bits per heavy atom. The van der Waals surface area contributed by atoms with E-state index in [0.29, 0.717) is 18.3 Å². The summed E-state index contributed by atoms with van der Waals surface area (Å²) in [5, 5.41) is 7.80. The second-order valence-electron chi connectivity index (χ2n) is 5.05. The van der Waals surface area contributed by atoms with Crippen molar-refractivity contribution in [2.75, 3.05) is 30.3 Å². The molecule has 0 aliphatic carbocycles. The molecule has 1 aliphatic rings. The van der Waals surface area contributed by atoms with Crippen LogP contribution in [-0.2, 0) is 0 Å². The van der Waals surface area contributed by atoms with Gasteiger partial charge in [0.25, 0.3) is 5.24 Å². The smallest absolute Gasteiger partial charge is 0.278 e. The highest BCUT2D eigenvalue weighted by molar-refractivity contribution is 7.96. The van der Waals surface area contributed by atoms with Gasteiger partial charge in [0.2, 0.25) is 0 Å². The second-order valence-corrected chi connectivity index (χ2v) is 5.43. The van der Waals surface area contributed by atoms with E-state index in [1.807, 2.05) is 11.0 Å². The van der Waals surface area contributed by atoms with Crippen molar-refractivity contribution in [1.82, 2.24) is 15.1 Å². The number of nitrogens with zero attached hydrogens (tertiary/aromatic N) is 4. The summed E-state index contributed by atoms with van der Waals surface area (Å²) in [6, 6.07) is 3.74. The van der Waals surface area contributed by atoms with E-state index in [2.05, 4.69) is 41.6 Å². The van der Waals surface area contributed by atoms with Gasteiger partial charge in [-0.15, -0.1) is 10.2 Å². The SMILES string of the molecule is CC(C)C1CN(c2ccc(N)nn2)CCN1C(=O)S. The molecule has 104 valence electrons. The molecule has 6 nitrogen and oxygen atoms in total. The molecular formula is C12H19N5OS. The van der Waals surface area contributed by atoms with Crippen molar-refractivity contribution < 1.29 is 4.79 Å². The lowest BCUT2D eigenvalue weighted by Gasteiger charge is -2.42. The summed E-state index contributed by atoms with van der Waals surface area (Å²) < 4.78 is 0. The summed E-state index contributed by atoms with van der Waals surface area (Å²) in [5.41, 5.74) is 5.54. The fourth-order valence-electron chi connectivity index (χ4n) is 2.33. The molecular weight excluding hydrogens is 262 g/mol. The van der Waals surface area contributed by atoms with Crippen LogP contribution in [0.25, 0.3) is 0 Å². The zero-order valence-corrected chi connectivity index (χ0v) is 12.0. The molecule has 0 saturated carbocycles. The lowest BCUT2D eigenvalue weighted by molar-refractivity contribution is 0.166. The minimum atomic E-state index is -0.165. The highest BCUT2D eigenvalue weighted by Crippen LogP contribution is 2.22. The number of hydrogen-bond donors (Lipinski definition) is 2. The van der Waals surface area contributed by atoms with Gasteiger partial charge in [0, 0.05) is 19.6 Å². The van der Waals surface area contributed by atoms with E-state index >= 15 is 0 Å². The molecule has 1 unspecified atom stereocenters. The van der Waals surface area contributed by atoms with E-state index in [-0.39, 0.29) is 11.3 Å². The average Bonchev–Trinajstić information content (AvgIpc) is 2.38. The van der Waals surface area contributed by atoms with Crippen LogP contribution in [0.3, 0.4) is 0 Å². The highest BCUT2D eigenvalue weighted by atomic mass is 32.1. The largest absolute Gasteiger partial charge is 0.382 e. The van der Waals surface area contributed by atoms with Gasteiger partial charge in [-0.25, -0.2) is 0 Å². The van der Waals surface area contributed by atoms with Crippen LogP contribution in [0, 0.1) is 5.92 Å². The Balaban J connectivity index is 2.14. The molecule has 7 heteroatoms. The number of nitrogens with two attached hydrogens (primary N) is 1. The Labute approximate surface area is 118 Å². The van der Waals surface area contributed by atoms with Crippen molar-refractivity contribution in [3.8, 4) is 0 Å². The molecule has 0 bridgehead atoms. The van der Waals surface area contributed by atoms with Gasteiger partial charge in [-0.1, -0.05) is 26.5 Å². The lowest BCUT2D eigenvalue weighted by atomic mass is 10.00. The third-order valence-corrected chi connectivity index (χ3v) is 3.69. The number of aromatic nitrogens is 2. The fourth-order valence-corrected chi connectivity index (χ4v) is 2.58. The standard InChI is InChI=1S/C12H19N5OS/c1-8(2)9-7-16(5-6-17(9)12(18)19)11-4-3-10(13)14-15-11/h3-4,8-9H,5-7H2,1-2H3,(H2,13,14)(H,18,19). The monoisotopic (exact) mass is 281 g/mol. The Hall–Kier alpha value is -1.50. The first-order valence-electron chi connectivity index (χ1n) is 6.32. The number of hydrogen-bond acceptors (Lipinski definition) is 5. The van der Waals surface area contributed by atoms with Gasteiger partial charge >= 0.3 is 0 Å². The van der Waals surface area contributed by atoms with Crippen molar-refractivity contribution in [3.63, 3.8) is 0 Å². The predicted molar refractivity (Wildman–Crippen MR) is 78.4 cm³/mol. The summed E-state index contributed by atoms with van der Waals surface area (Å²) in [6.45, 7) is 6.33. The zero-order valence-electron chi connectivity index (χ0n) is 11.2. The van der Waals surface area contributed by atoms with E-state index in [1.165, 1.54) is 0 Å². The van der Waals surface area contributed by atoms with Crippen molar-refractivity contribution in [1.29, 1.82) is 0 Å². The molecule has 2 N–H and O–H groups in total. The number of rotatable bonds is 2. The highest BCUT2D eigenvalue weighted by Gasteiger charge is 2.31. The first kappa shape index (κ1) is 13.9. The zero-order chi connectivity index (χ0) is 14.0. The van der Waals surface area contributed by atoms with Crippen molar-refractivity contribution in [2.45, 2.75) is 19.9 Å². The van der Waals surface area contributed by atoms with Gasteiger partial charge < -0.3 is 15.5 Å². The van der Waals surface area contributed by atoms with Crippen LogP contribution < -0.4 is 10.6 Å². The maximum atomic E-state index is 11.5. The van der Waals surface area contributed by atoms with Gasteiger partial charge in [-0.2, -0.15) is 0 Å². The third kappa shape index (κ3) is 3.09. The van der Waals surface area contributed by atoms with E-state index in [0.717, 1.165) is 18.9 Å². The minimum absolute atomic E-state index is 0.137. The fraction of sp³-hybridized carbons (Fsp3) is 0.583. The summed E-state index contributed by atoms with van der Waals surface area (Å²) >= 11 is 3.95. The van der Waals surface area contributed by atoms with E-state index in [4.69, 9.17) is 5.73 Å². The Bertz CT molecular complexity index is 450. The first-order chi connectivity index (χ1) is 8.99. The third-order valence-electron chi connectivity index (χ3n) is 3.43. The molecule has 1 amide bonds. The lowest BCUT2D eigenvalue weighted by Crippen LogP contribution is -2.56. The van der Waals surface area contributed by atoms with Crippen LogP contribution in [0.4, 0.5) is 16.4 Å². The molecule has 2 rings (SSSR count). The van der Waals surface area contributed by atoms with Crippen LogP contribution in [0.15, 0.2) is 12.1 Å². The average molecular weight is 281 g/mol. The molecule has 1 saturated heterocycles. The quantitative estimate of drug-likeness (QED) is 0.798. The predicted octanol–water partition coefficient (Wildman–Crippen LogP) is 1.26. The number of nitrogen functional groups attached to an aromatic ring is 1. The number of carbonyl (C=O) groups is 1. The first-order valence-corrected chi connectivity index (χ1v) is 6.77. The van der Waals surface area contributed by atoms with Gasteiger partial charge in [-0.05, 0) is 18.1 Å². The molecule has 0 radical (unpaired) electrons. The molecule has 1 aliphatic heterocycles. The van der Waals surface area contributed by atoms with Crippen molar-refractivity contribution in [3.05, 3.63) is 12.1 Å². The summed E-state index contributed by atoms with van der Waals surface area (Å²) in [6.07, 6.45) is 0. The molecule has 0 aromatic carbocycles. The second kappa shape index (κ2) is 5.64. The van der Waals surface area contributed by atoms with Crippen LogP contribution >= 0.6 is 12.6 Å².